The second kappa shape index (κ2) is 5.52. The highest BCUT2D eigenvalue weighted by atomic mass is 33.1. The molecule has 0 saturated carbocycles. The fraction of sp³-hybridized carbons (Fsp3) is 0.250. The van der Waals surface area contributed by atoms with Crippen LogP contribution in [-0.4, -0.2) is 6.54 Å². The second-order valence-corrected chi connectivity index (χ2v) is 4.07. The molecule has 0 bridgehead atoms. The van der Waals surface area contributed by atoms with Crippen LogP contribution in [0, 0.1) is 0 Å². The lowest BCUT2D eigenvalue weighted by Gasteiger charge is -1.98. The zero-order valence-electron chi connectivity index (χ0n) is 6.41. The Morgan fingerprint density at radius 2 is 2.00 bits per heavy atom. The lowest BCUT2D eigenvalue weighted by molar-refractivity contribution is 1.04. The largest absolute Gasteiger partial charge is 0.255 e. The molecule has 0 saturated heterocycles. The van der Waals surface area contributed by atoms with Crippen molar-refractivity contribution in [3.63, 3.8) is 0 Å². The smallest absolute Gasteiger partial charge is 0.0195 e. The van der Waals surface area contributed by atoms with Crippen molar-refractivity contribution in [1.29, 1.82) is 0 Å². The average molecular weight is 185 g/mol. The lowest BCUT2D eigenvalue weighted by Crippen LogP contribution is -1.97. The van der Waals surface area contributed by atoms with Crippen molar-refractivity contribution in [3.8, 4) is 0 Å². The average Bonchev–Trinajstić information content (AvgIpc) is 2.07. The van der Waals surface area contributed by atoms with Crippen LogP contribution in [-0.2, 0) is 0 Å². The lowest BCUT2D eigenvalue weighted by atomic mass is 10.4. The molecule has 0 radical (unpaired) electrons. The Hall–Kier alpha value is -0.120. The van der Waals surface area contributed by atoms with Crippen molar-refractivity contribution in [3.05, 3.63) is 30.3 Å². The number of hydrogen-bond donors (Lipinski definition) is 1. The molecule has 0 aliphatic heterocycles. The van der Waals surface area contributed by atoms with Crippen molar-refractivity contribution >= 4 is 21.8 Å². The molecular formula is C8H11NS2. The summed E-state index contributed by atoms with van der Waals surface area (Å²) in [6.45, 7) is 3.10. The van der Waals surface area contributed by atoms with Crippen LogP contribution in [0.25, 0.3) is 0 Å². The molecule has 1 nitrogen and oxygen atoms in total. The van der Waals surface area contributed by atoms with Crippen LogP contribution in [0.1, 0.15) is 6.92 Å². The van der Waals surface area contributed by atoms with Crippen LogP contribution < -0.4 is 4.72 Å². The van der Waals surface area contributed by atoms with Gasteiger partial charge in [-0.2, -0.15) is 0 Å². The highest BCUT2D eigenvalue weighted by molar-refractivity contribution is 8.76. The summed E-state index contributed by atoms with van der Waals surface area (Å²) in [5, 5.41) is 0. The normalized spacial score (nSPS) is 9.91. The minimum atomic E-state index is 1.00. The maximum atomic E-state index is 3.18. The van der Waals surface area contributed by atoms with Gasteiger partial charge >= 0.3 is 0 Å². The number of nitrogens with one attached hydrogen (secondary N) is 1. The SMILES string of the molecule is CCNSSc1ccccc1. The predicted molar refractivity (Wildman–Crippen MR) is 53.6 cm³/mol. The fourth-order valence-electron chi connectivity index (χ4n) is 0.613. The summed E-state index contributed by atoms with van der Waals surface area (Å²) >= 11 is 0. The van der Waals surface area contributed by atoms with E-state index in [2.05, 4.69) is 35.9 Å². The Morgan fingerprint density at radius 3 is 2.64 bits per heavy atom. The van der Waals surface area contributed by atoms with Gasteiger partial charge in [-0.15, -0.1) is 0 Å². The summed E-state index contributed by atoms with van der Waals surface area (Å²) in [5.41, 5.74) is 0. The van der Waals surface area contributed by atoms with Gasteiger partial charge in [0, 0.05) is 11.4 Å². The Kier molecular flexibility index (Phi) is 4.50. The van der Waals surface area contributed by atoms with E-state index >= 15 is 0 Å². The highest BCUT2D eigenvalue weighted by Gasteiger charge is 1.89. The molecule has 1 rings (SSSR count). The second-order valence-electron chi connectivity index (χ2n) is 1.98. The quantitative estimate of drug-likeness (QED) is 0.440. The molecule has 0 spiro atoms. The molecular weight excluding hydrogens is 174 g/mol. The van der Waals surface area contributed by atoms with Crippen LogP contribution >= 0.6 is 21.8 Å². The molecule has 0 fully saturated rings. The standard InChI is InChI=1S/C8H11NS2/c1-2-9-11-10-8-6-4-3-5-7-8/h3-7,9H,2H2,1H3. The van der Waals surface area contributed by atoms with Crippen LogP contribution in [0.4, 0.5) is 0 Å². The number of hydrogen-bond acceptors (Lipinski definition) is 3. The van der Waals surface area contributed by atoms with Gasteiger partial charge in [-0.25, -0.2) is 0 Å². The molecule has 1 N–H and O–H groups in total. The van der Waals surface area contributed by atoms with E-state index in [0.29, 0.717) is 0 Å². The number of rotatable bonds is 4. The molecule has 3 heteroatoms. The minimum Gasteiger partial charge on any atom is -0.255 e. The molecule has 0 aromatic heterocycles. The molecule has 1 aromatic carbocycles. The summed E-state index contributed by atoms with van der Waals surface area (Å²) in [6.07, 6.45) is 0. The topological polar surface area (TPSA) is 12.0 Å². The molecule has 60 valence electrons. The summed E-state index contributed by atoms with van der Waals surface area (Å²) in [5.74, 6) is 0. The fourth-order valence-corrected chi connectivity index (χ4v) is 2.31. The zero-order chi connectivity index (χ0) is 7.94. The molecule has 0 heterocycles. The van der Waals surface area contributed by atoms with E-state index in [-0.39, 0.29) is 0 Å². The highest BCUT2D eigenvalue weighted by Crippen LogP contribution is 2.27. The van der Waals surface area contributed by atoms with Gasteiger partial charge in [-0.3, -0.25) is 4.72 Å². The third-order valence-corrected chi connectivity index (χ3v) is 3.22. The zero-order valence-corrected chi connectivity index (χ0v) is 8.04. The van der Waals surface area contributed by atoms with E-state index < -0.39 is 0 Å². The number of benzene rings is 1. The van der Waals surface area contributed by atoms with E-state index in [1.807, 2.05) is 6.07 Å². The van der Waals surface area contributed by atoms with Crippen molar-refractivity contribution < 1.29 is 0 Å². The Balaban J connectivity index is 2.28. The molecule has 0 aliphatic rings. The Labute approximate surface area is 75.5 Å². The van der Waals surface area contributed by atoms with Crippen LogP contribution in [0.5, 0.6) is 0 Å². The van der Waals surface area contributed by atoms with Crippen LogP contribution in [0.3, 0.4) is 0 Å². The first-order valence-electron chi connectivity index (χ1n) is 3.55. The summed E-state index contributed by atoms with van der Waals surface area (Å²) < 4.78 is 3.18. The predicted octanol–water partition coefficient (Wildman–Crippen LogP) is 2.95. The summed E-state index contributed by atoms with van der Waals surface area (Å²) in [6, 6.07) is 10.3. The van der Waals surface area contributed by atoms with Crippen LogP contribution in [0.2, 0.25) is 0 Å². The monoisotopic (exact) mass is 185 g/mol. The summed E-state index contributed by atoms with van der Waals surface area (Å²) in [7, 11) is 3.42. The maximum absolute atomic E-state index is 3.18. The van der Waals surface area contributed by atoms with Crippen LogP contribution in [0.15, 0.2) is 35.2 Å². The minimum absolute atomic E-state index is 1.00. The molecule has 0 amide bonds. The van der Waals surface area contributed by atoms with Gasteiger partial charge in [0.25, 0.3) is 0 Å². The Morgan fingerprint density at radius 1 is 1.27 bits per heavy atom. The van der Waals surface area contributed by atoms with E-state index in [9.17, 15) is 0 Å². The van der Waals surface area contributed by atoms with E-state index in [4.69, 9.17) is 0 Å². The first-order chi connectivity index (χ1) is 5.43. The van der Waals surface area contributed by atoms with Gasteiger partial charge in [0.15, 0.2) is 0 Å². The van der Waals surface area contributed by atoms with E-state index in [1.54, 1.807) is 21.8 Å². The van der Waals surface area contributed by atoms with Crippen molar-refractivity contribution in [2.45, 2.75) is 11.8 Å². The van der Waals surface area contributed by atoms with Crippen molar-refractivity contribution in [2.24, 2.45) is 0 Å². The van der Waals surface area contributed by atoms with Gasteiger partial charge in [-0.1, -0.05) is 25.1 Å². The third kappa shape index (κ3) is 3.70. The molecule has 11 heavy (non-hydrogen) atoms. The molecule has 1 aromatic rings. The van der Waals surface area contributed by atoms with Gasteiger partial charge in [0.05, 0.1) is 0 Å². The van der Waals surface area contributed by atoms with Crippen molar-refractivity contribution in [1.82, 2.24) is 4.72 Å². The first-order valence-corrected chi connectivity index (χ1v) is 5.70. The van der Waals surface area contributed by atoms with Gasteiger partial charge in [-0.05, 0) is 33.9 Å². The van der Waals surface area contributed by atoms with E-state index in [1.165, 1.54) is 4.90 Å². The van der Waals surface area contributed by atoms with Crippen molar-refractivity contribution in [2.75, 3.05) is 6.54 Å². The first kappa shape index (κ1) is 8.97. The Bertz CT molecular complexity index is 189. The molecule has 0 aliphatic carbocycles. The maximum Gasteiger partial charge on any atom is 0.0195 e. The molecule has 0 unspecified atom stereocenters. The van der Waals surface area contributed by atoms with E-state index in [0.717, 1.165) is 6.54 Å². The summed E-state index contributed by atoms with van der Waals surface area (Å²) in [4.78, 5) is 1.29. The van der Waals surface area contributed by atoms with Gasteiger partial charge in [0.1, 0.15) is 0 Å². The third-order valence-electron chi connectivity index (χ3n) is 1.08. The van der Waals surface area contributed by atoms with Gasteiger partial charge in [0.2, 0.25) is 0 Å². The van der Waals surface area contributed by atoms with Gasteiger partial charge < -0.3 is 0 Å². The molecule has 0 atom stereocenters.